The zero-order chi connectivity index (χ0) is 20.3. The number of nitro benzene ring substituents is 1. The number of hydrogen-bond donors (Lipinski definition) is 2. The van der Waals surface area contributed by atoms with Gasteiger partial charge in [-0.05, 0) is 19.1 Å². The predicted molar refractivity (Wildman–Crippen MR) is 102 cm³/mol. The summed E-state index contributed by atoms with van der Waals surface area (Å²) in [6.45, 7) is 1.53. The van der Waals surface area contributed by atoms with E-state index in [1.165, 1.54) is 23.5 Å². The lowest BCUT2D eigenvalue weighted by molar-refractivity contribution is -0.387. The Kier molecular flexibility index (Phi) is 5.65. The second-order valence-electron chi connectivity index (χ2n) is 5.34. The van der Waals surface area contributed by atoms with Gasteiger partial charge in [0.1, 0.15) is 0 Å². The summed E-state index contributed by atoms with van der Waals surface area (Å²) in [6.07, 6.45) is 0. The number of thiazole rings is 1. The smallest absolute Gasteiger partial charge is 0.338 e. The van der Waals surface area contributed by atoms with Crippen molar-refractivity contribution in [2.75, 3.05) is 11.5 Å². The highest BCUT2D eigenvalue weighted by Gasteiger charge is 2.20. The van der Waals surface area contributed by atoms with Crippen molar-refractivity contribution in [2.45, 2.75) is 22.8 Å². The number of esters is 1. The van der Waals surface area contributed by atoms with Crippen LogP contribution in [-0.4, -0.2) is 30.8 Å². The van der Waals surface area contributed by atoms with Gasteiger partial charge in [0.2, 0.25) is 11.9 Å². The number of benzene rings is 1. The Balaban J connectivity index is 1.76. The van der Waals surface area contributed by atoms with E-state index < -0.39 is 10.9 Å². The molecule has 28 heavy (non-hydrogen) atoms. The van der Waals surface area contributed by atoms with Gasteiger partial charge in [0, 0.05) is 17.1 Å². The highest BCUT2D eigenvalue weighted by atomic mass is 32.2. The van der Waals surface area contributed by atoms with Crippen molar-refractivity contribution in [1.29, 1.82) is 0 Å². The van der Waals surface area contributed by atoms with Crippen molar-refractivity contribution in [3.8, 4) is 0 Å². The molecule has 11 nitrogen and oxygen atoms in total. The van der Waals surface area contributed by atoms with Gasteiger partial charge >= 0.3 is 5.97 Å². The number of nitro groups is 1. The van der Waals surface area contributed by atoms with E-state index in [4.69, 9.17) is 16.2 Å². The average molecular weight is 419 g/mol. The minimum absolute atomic E-state index is 0.0152. The molecule has 0 atom stereocenters. The van der Waals surface area contributed by atoms with Gasteiger partial charge in [-0.2, -0.15) is 15.0 Å². The van der Waals surface area contributed by atoms with Crippen LogP contribution in [0.3, 0.4) is 0 Å². The molecule has 0 unspecified atom stereocenters. The van der Waals surface area contributed by atoms with Crippen molar-refractivity contribution in [1.82, 2.24) is 19.9 Å². The van der Waals surface area contributed by atoms with Gasteiger partial charge in [-0.1, -0.05) is 11.8 Å². The molecule has 2 aromatic heterocycles. The first-order valence-corrected chi connectivity index (χ1v) is 9.33. The number of carbonyl (C=O) groups is 1. The first kappa shape index (κ1) is 19.4. The molecule has 0 amide bonds. The zero-order valence-electron chi connectivity index (χ0n) is 14.4. The third-order valence-electron chi connectivity index (χ3n) is 3.24. The Morgan fingerprint density at radius 1 is 1.25 bits per heavy atom. The third kappa shape index (κ3) is 4.69. The molecule has 13 heteroatoms. The second-order valence-corrected chi connectivity index (χ2v) is 7.49. The summed E-state index contributed by atoms with van der Waals surface area (Å²) in [7, 11) is 0. The maximum Gasteiger partial charge on any atom is 0.338 e. The van der Waals surface area contributed by atoms with Crippen LogP contribution >= 0.6 is 23.1 Å². The van der Waals surface area contributed by atoms with Crippen LogP contribution in [0.2, 0.25) is 0 Å². The number of nitrogen functional groups attached to an aromatic ring is 2. The quantitative estimate of drug-likeness (QED) is 0.340. The summed E-state index contributed by atoms with van der Waals surface area (Å²) >= 11 is 2.54. The maximum absolute atomic E-state index is 12.2. The fraction of sp³-hybridized carbons (Fsp3) is 0.133. The molecule has 4 N–H and O–H groups in total. The van der Waals surface area contributed by atoms with Crippen LogP contribution in [0.15, 0.2) is 32.8 Å². The van der Waals surface area contributed by atoms with Crippen LogP contribution in [0.1, 0.15) is 21.9 Å². The van der Waals surface area contributed by atoms with Gasteiger partial charge in [0.15, 0.2) is 16.8 Å². The molecule has 0 bridgehead atoms. The van der Waals surface area contributed by atoms with E-state index >= 15 is 0 Å². The summed E-state index contributed by atoms with van der Waals surface area (Å²) in [4.78, 5) is 38.9. The number of rotatable bonds is 6. The Bertz CT molecular complexity index is 1040. The summed E-state index contributed by atoms with van der Waals surface area (Å²) in [5.74, 6) is -0.914. The summed E-state index contributed by atoms with van der Waals surface area (Å²) in [6, 6.07) is 4.07. The van der Waals surface area contributed by atoms with Gasteiger partial charge in [-0.25, -0.2) is 9.78 Å². The number of carbonyl (C=O) groups excluding carboxylic acids is 1. The van der Waals surface area contributed by atoms with Gasteiger partial charge in [-0.15, -0.1) is 11.3 Å². The lowest BCUT2D eigenvalue weighted by Gasteiger charge is -2.06. The van der Waals surface area contributed by atoms with Crippen molar-refractivity contribution in [3.63, 3.8) is 0 Å². The number of nitrogens with two attached hydrogens (primary N) is 2. The van der Waals surface area contributed by atoms with Crippen LogP contribution in [0.25, 0.3) is 0 Å². The second kappa shape index (κ2) is 8.14. The number of aryl methyl sites for hydroxylation is 1. The summed E-state index contributed by atoms with van der Waals surface area (Å²) < 4.78 is 5.75. The SMILES string of the molecule is Cc1csc(Sc2ccc(C(=O)OCc3nc(N)nc(N)n3)cc2[N+](=O)[O-])n1. The Morgan fingerprint density at radius 3 is 2.57 bits per heavy atom. The highest BCUT2D eigenvalue weighted by Crippen LogP contribution is 2.36. The van der Waals surface area contributed by atoms with Crippen molar-refractivity contribution < 1.29 is 14.5 Å². The molecule has 0 saturated carbocycles. The molecule has 0 radical (unpaired) electrons. The molecule has 0 aliphatic carbocycles. The van der Waals surface area contributed by atoms with Crippen molar-refractivity contribution >= 4 is 46.7 Å². The topological polar surface area (TPSA) is 173 Å². The molecule has 0 aliphatic rings. The van der Waals surface area contributed by atoms with Gasteiger partial charge in [-0.3, -0.25) is 10.1 Å². The fourth-order valence-corrected chi connectivity index (χ4v) is 3.96. The molecule has 3 aromatic rings. The molecular weight excluding hydrogens is 406 g/mol. The van der Waals surface area contributed by atoms with Crippen LogP contribution < -0.4 is 11.5 Å². The Morgan fingerprint density at radius 2 is 1.96 bits per heavy atom. The number of hydrogen-bond acceptors (Lipinski definition) is 12. The Hall–Kier alpha value is -3.32. The van der Waals surface area contributed by atoms with E-state index in [0.29, 0.717) is 9.24 Å². The number of ether oxygens (including phenoxy) is 1. The average Bonchev–Trinajstić information content (AvgIpc) is 3.04. The van der Waals surface area contributed by atoms with E-state index in [1.54, 1.807) is 0 Å². The van der Waals surface area contributed by atoms with E-state index in [1.807, 2.05) is 12.3 Å². The lowest BCUT2D eigenvalue weighted by Crippen LogP contribution is -2.11. The van der Waals surface area contributed by atoms with Gasteiger partial charge in [0.05, 0.1) is 15.4 Å². The number of anilines is 2. The normalized spacial score (nSPS) is 10.6. The predicted octanol–water partition coefficient (Wildman–Crippen LogP) is 2.22. The van der Waals surface area contributed by atoms with Crippen LogP contribution in [0.4, 0.5) is 17.6 Å². The van der Waals surface area contributed by atoms with Gasteiger partial charge < -0.3 is 16.2 Å². The Labute approximate surface area is 166 Å². The third-order valence-corrected chi connectivity index (χ3v) is 5.36. The maximum atomic E-state index is 12.2. The summed E-state index contributed by atoms with van der Waals surface area (Å²) in [5, 5.41) is 13.3. The van der Waals surface area contributed by atoms with E-state index in [9.17, 15) is 14.9 Å². The first-order chi connectivity index (χ1) is 13.3. The molecular formula is C15H13N7O4S2. The molecule has 2 heterocycles. The van der Waals surface area contributed by atoms with Crippen LogP contribution in [-0.2, 0) is 11.3 Å². The number of aromatic nitrogens is 4. The van der Waals surface area contributed by atoms with E-state index in [0.717, 1.165) is 23.5 Å². The minimum Gasteiger partial charge on any atom is -0.454 e. The minimum atomic E-state index is -0.776. The molecule has 0 aliphatic heterocycles. The fourth-order valence-electron chi connectivity index (χ4n) is 2.08. The summed E-state index contributed by atoms with van der Waals surface area (Å²) in [5.41, 5.74) is 11.5. The first-order valence-electron chi connectivity index (χ1n) is 7.63. The highest BCUT2D eigenvalue weighted by molar-refractivity contribution is 8.01. The van der Waals surface area contributed by atoms with Crippen molar-refractivity contribution in [2.24, 2.45) is 0 Å². The standard InChI is InChI=1S/C15H13N7O4S2/c1-7-6-27-15(18-7)28-10-3-2-8(4-9(10)22(24)25)12(23)26-5-11-19-13(16)21-14(17)20-11/h2-4,6H,5H2,1H3,(H4,16,17,19,20,21). The molecule has 0 fully saturated rings. The molecule has 1 aromatic carbocycles. The lowest BCUT2D eigenvalue weighted by atomic mass is 10.2. The van der Waals surface area contributed by atoms with Crippen LogP contribution in [0.5, 0.6) is 0 Å². The van der Waals surface area contributed by atoms with Crippen molar-refractivity contribution in [3.05, 3.63) is 50.8 Å². The number of nitrogens with zero attached hydrogens (tertiary/aromatic N) is 5. The molecule has 0 saturated heterocycles. The zero-order valence-corrected chi connectivity index (χ0v) is 16.0. The van der Waals surface area contributed by atoms with Gasteiger partial charge in [0.25, 0.3) is 5.69 Å². The largest absolute Gasteiger partial charge is 0.454 e. The monoisotopic (exact) mass is 419 g/mol. The molecule has 3 rings (SSSR count). The van der Waals surface area contributed by atoms with E-state index in [2.05, 4.69) is 19.9 Å². The van der Waals surface area contributed by atoms with Crippen LogP contribution in [0, 0.1) is 17.0 Å². The van der Waals surface area contributed by atoms with E-state index in [-0.39, 0.29) is 35.6 Å². The molecule has 144 valence electrons. The molecule has 0 spiro atoms.